The first kappa shape index (κ1) is 25.4. The highest BCUT2D eigenvalue weighted by atomic mass is 35.5. The van der Waals surface area contributed by atoms with E-state index in [1.165, 1.54) is 31.4 Å². The third-order valence-electron chi connectivity index (χ3n) is 6.10. The van der Waals surface area contributed by atoms with Gasteiger partial charge in [0.25, 0.3) is 0 Å². The van der Waals surface area contributed by atoms with E-state index in [1.807, 2.05) is 0 Å². The van der Waals surface area contributed by atoms with Crippen LogP contribution >= 0.6 is 11.6 Å². The van der Waals surface area contributed by atoms with Crippen LogP contribution in [0.1, 0.15) is 44.9 Å². The SMILES string of the molecule is O=C(CCN1CCCCC1)NCC[C@H]1CC[C@H](NS(=O)(=O)c2cccc(Cl)c2)[C@@H](CO)O1. The van der Waals surface area contributed by atoms with Crippen molar-refractivity contribution in [2.24, 2.45) is 0 Å². The summed E-state index contributed by atoms with van der Waals surface area (Å²) in [6.07, 6.45) is 5.23. The Morgan fingerprint density at radius 1 is 1.22 bits per heavy atom. The number of piperidine rings is 1. The standard InChI is InChI=1S/C22H34ClN3O5S/c23-17-5-4-6-19(15-17)32(29,30)25-20-8-7-18(31-21(20)16-27)9-11-24-22(28)10-14-26-12-2-1-3-13-26/h4-6,15,18,20-21,25,27H,1-3,7-14,16H2,(H,24,28)/t18-,20+,21-/m1/s1. The van der Waals surface area contributed by atoms with Gasteiger partial charge in [0.15, 0.2) is 0 Å². The van der Waals surface area contributed by atoms with Gasteiger partial charge in [0.1, 0.15) is 0 Å². The van der Waals surface area contributed by atoms with E-state index in [-0.39, 0.29) is 23.5 Å². The number of rotatable bonds is 10. The first-order valence-corrected chi connectivity index (χ1v) is 13.3. The molecule has 3 rings (SSSR count). The van der Waals surface area contributed by atoms with Crippen LogP contribution < -0.4 is 10.0 Å². The van der Waals surface area contributed by atoms with Crippen molar-refractivity contribution >= 4 is 27.5 Å². The molecule has 0 bridgehead atoms. The summed E-state index contributed by atoms with van der Waals surface area (Å²) in [5, 5.41) is 13.0. The summed E-state index contributed by atoms with van der Waals surface area (Å²) in [4.78, 5) is 14.5. The molecule has 0 saturated carbocycles. The number of likely N-dealkylation sites (tertiary alicyclic amines) is 1. The lowest BCUT2D eigenvalue weighted by molar-refractivity contribution is -0.122. The molecule has 0 unspecified atom stereocenters. The Labute approximate surface area is 195 Å². The molecule has 0 radical (unpaired) electrons. The molecule has 32 heavy (non-hydrogen) atoms. The number of carbonyl (C=O) groups excluding carboxylic acids is 1. The van der Waals surface area contributed by atoms with Gasteiger partial charge in [-0.2, -0.15) is 0 Å². The minimum atomic E-state index is -3.77. The first-order valence-electron chi connectivity index (χ1n) is 11.4. The van der Waals surface area contributed by atoms with Crippen LogP contribution in [-0.2, 0) is 19.6 Å². The van der Waals surface area contributed by atoms with E-state index < -0.39 is 22.2 Å². The monoisotopic (exact) mass is 487 g/mol. The Hall–Kier alpha value is -1.23. The van der Waals surface area contributed by atoms with E-state index in [0.717, 1.165) is 19.6 Å². The molecule has 2 heterocycles. The number of nitrogens with zero attached hydrogens (tertiary/aromatic N) is 1. The maximum atomic E-state index is 12.7. The van der Waals surface area contributed by atoms with Crippen molar-refractivity contribution in [3.05, 3.63) is 29.3 Å². The number of nitrogens with one attached hydrogen (secondary N) is 2. The number of hydrogen-bond acceptors (Lipinski definition) is 6. The number of hydrogen-bond donors (Lipinski definition) is 3. The summed E-state index contributed by atoms with van der Waals surface area (Å²) in [6.45, 7) is 3.16. The molecule has 3 N–H and O–H groups in total. The lowest BCUT2D eigenvalue weighted by Gasteiger charge is -2.36. The fourth-order valence-electron chi connectivity index (χ4n) is 4.28. The predicted octanol–water partition coefficient (Wildman–Crippen LogP) is 1.91. The summed E-state index contributed by atoms with van der Waals surface area (Å²) in [5.41, 5.74) is 0. The fraction of sp³-hybridized carbons (Fsp3) is 0.682. The fourth-order valence-corrected chi connectivity index (χ4v) is 5.88. The largest absolute Gasteiger partial charge is 0.394 e. The summed E-state index contributed by atoms with van der Waals surface area (Å²) < 4.78 is 33.9. The van der Waals surface area contributed by atoms with Crippen LogP contribution in [0.3, 0.4) is 0 Å². The second kappa shape index (κ2) is 12.3. The van der Waals surface area contributed by atoms with E-state index in [1.54, 1.807) is 12.1 Å². The van der Waals surface area contributed by atoms with Gasteiger partial charge >= 0.3 is 0 Å². The zero-order valence-electron chi connectivity index (χ0n) is 18.3. The van der Waals surface area contributed by atoms with Crippen LogP contribution in [0.15, 0.2) is 29.2 Å². The van der Waals surface area contributed by atoms with Gasteiger partial charge in [0.05, 0.1) is 29.8 Å². The van der Waals surface area contributed by atoms with E-state index in [2.05, 4.69) is 14.9 Å². The van der Waals surface area contributed by atoms with Gasteiger partial charge in [0, 0.05) is 24.5 Å². The van der Waals surface area contributed by atoms with Crippen LogP contribution in [0.4, 0.5) is 0 Å². The van der Waals surface area contributed by atoms with Gasteiger partial charge < -0.3 is 20.1 Å². The molecule has 0 aliphatic carbocycles. The van der Waals surface area contributed by atoms with Crippen molar-refractivity contribution in [1.29, 1.82) is 0 Å². The average molecular weight is 488 g/mol. The van der Waals surface area contributed by atoms with E-state index in [4.69, 9.17) is 16.3 Å². The number of ether oxygens (including phenoxy) is 1. The molecule has 1 amide bonds. The number of carbonyl (C=O) groups is 1. The minimum absolute atomic E-state index is 0.0391. The van der Waals surface area contributed by atoms with Crippen LogP contribution in [0, 0.1) is 0 Å². The van der Waals surface area contributed by atoms with Gasteiger partial charge in [-0.3, -0.25) is 4.79 Å². The lowest BCUT2D eigenvalue weighted by atomic mass is 9.98. The normalized spacial score (nSPS) is 24.9. The number of sulfonamides is 1. The zero-order chi connectivity index (χ0) is 23.0. The van der Waals surface area contributed by atoms with Crippen molar-refractivity contribution in [1.82, 2.24) is 14.9 Å². The van der Waals surface area contributed by atoms with Crippen LogP contribution in [0.5, 0.6) is 0 Å². The van der Waals surface area contributed by atoms with Gasteiger partial charge in [-0.15, -0.1) is 0 Å². The molecule has 1 aromatic carbocycles. The van der Waals surface area contributed by atoms with Crippen molar-refractivity contribution in [2.75, 3.05) is 32.8 Å². The Morgan fingerprint density at radius 3 is 2.72 bits per heavy atom. The maximum absolute atomic E-state index is 12.7. The summed E-state index contributed by atoms with van der Waals surface area (Å²) in [5.74, 6) is 0.0391. The van der Waals surface area contributed by atoms with Crippen molar-refractivity contribution in [3.8, 4) is 0 Å². The van der Waals surface area contributed by atoms with E-state index in [0.29, 0.717) is 37.3 Å². The van der Waals surface area contributed by atoms with Gasteiger partial charge in [-0.1, -0.05) is 24.1 Å². The number of benzene rings is 1. The van der Waals surface area contributed by atoms with Crippen LogP contribution in [0.2, 0.25) is 5.02 Å². The van der Waals surface area contributed by atoms with Crippen LogP contribution in [-0.4, -0.2) is 75.4 Å². The molecule has 8 nitrogen and oxygen atoms in total. The molecular formula is C22H34ClN3O5S. The Balaban J connectivity index is 1.40. The third-order valence-corrected chi connectivity index (χ3v) is 7.82. The molecular weight excluding hydrogens is 454 g/mol. The quantitative estimate of drug-likeness (QED) is 0.465. The molecule has 180 valence electrons. The summed E-state index contributed by atoms with van der Waals surface area (Å²) in [7, 11) is -3.77. The van der Waals surface area contributed by atoms with Crippen molar-refractivity contribution in [2.45, 2.75) is 68.1 Å². The highest BCUT2D eigenvalue weighted by molar-refractivity contribution is 7.89. The number of halogens is 1. The average Bonchev–Trinajstić information content (AvgIpc) is 2.79. The lowest BCUT2D eigenvalue weighted by Crippen LogP contribution is -2.51. The molecule has 2 fully saturated rings. The minimum Gasteiger partial charge on any atom is -0.394 e. The highest BCUT2D eigenvalue weighted by Crippen LogP contribution is 2.24. The van der Waals surface area contributed by atoms with Gasteiger partial charge in [0.2, 0.25) is 15.9 Å². The van der Waals surface area contributed by atoms with Gasteiger partial charge in [-0.05, 0) is 63.4 Å². The molecule has 2 aliphatic rings. The molecule has 2 saturated heterocycles. The Kier molecular flexibility index (Phi) is 9.76. The topological polar surface area (TPSA) is 108 Å². The molecule has 0 spiro atoms. The summed E-state index contributed by atoms with van der Waals surface area (Å²) in [6, 6.07) is 5.52. The number of aliphatic hydroxyl groups excluding tert-OH is 1. The molecule has 10 heteroatoms. The van der Waals surface area contributed by atoms with E-state index >= 15 is 0 Å². The second-order valence-corrected chi connectivity index (χ2v) is 10.7. The molecule has 0 aromatic heterocycles. The predicted molar refractivity (Wildman–Crippen MR) is 123 cm³/mol. The number of aliphatic hydroxyl groups is 1. The van der Waals surface area contributed by atoms with E-state index in [9.17, 15) is 18.3 Å². The Morgan fingerprint density at radius 2 is 2.00 bits per heavy atom. The Bertz CT molecular complexity index is 848. The molecule has 2 aliphatic heterocycles. The highest BCUT2D eigenvalue weighted by Gasteiger charge is 2.34. The van der Waals surface area contributed by atoms with Gasteiger partial charge in [-0.25, -0.2) is 13.1 Å². The van der Waals surface area contributed by atoms with Crippen LogP contribution in [0.25, 0.3) is 0 Å². The first-order chi connectivity index (χ1) is 15.4. The summed E-state index contributed by atoms with van der Waals surface area (Å²) >= 11 is 5.91. The number of amides is 1. The van der Waals surface area contributed by atoms with Crippen molar-refractivity contribution in [3.63, 3.8) is 0 Å². The second-order valence-electron chi connectivity index (χ2n) is 8.53. The zero-order valence-corrected chi connectivity index (χ0v) is 19.9. The third kappa shape index (κ3) is 7.67. The molecule has 1 aromatic rings. The smallest absolute Gasteiger partial charge is 0.240 e. The van der Waals surface area contributed by atoms with Crippen molar-refractivity contribution < 1.29 is 23.1 Å². The molecule has 3 atom stereocenters. The maximum Gasteiger partial charge on any atom is 0.240 e.